The number of nitro benzene ring substituents is 1. The molecule has 0 saturated heterocycles. The zero-order chi connectivity index (χ0) is 14.8. The van der Waals surface area contributed by atoms with Gasteiger partial charge in [-0.25, -0.2) is 4.39 Å². The molecule has 3 aromatic rings. The molecular formula is C14H8FN3O3. The molecule has 2 aromatic carbocycles. The second kappa shape index (κ2) is 5.12. The van der Waals surface area contributed by atoms with Gasteiger partial charge in [0.15, 0.2) is 0 Å². The van der Waals surface area contributed by atoms with Crippen LogP contribution in [-0.4, -0.2) is 15.1 Å². The maximum atomic E-state index is 12.9. The fraction of sp³-hybridized carbons (Fsp3) is 0. The Morgan fingerprint density at radius 2 is 1.81 bits per heavy atom. The van der Waals surface area contributed by atoms with Crippen LogP contribution in [0.5, 0.6) is 0 Å². The number of nitro groups is 1. The van der Waals surface area contributed by atoms with Crippen molar-refractivity contribution < 1.29 is 13.8 Å². The van der Waals surface area contributed by atoms with Crippen molar-refractivity contribution >= 4 is 5.69 Å². The number of para-hydroxylation sites is 1. The van der Waals surface area contributed by atoms with Crippen LogP contribution >= 0.6 is 0 Å². The summed E-state index contributed by atoms with van der Waals surface area (Å²) in [6.07, 6.45) is 0. The van der Waals surface area contributed by atoms with Gasteiger partial charge in [0.1, 0.15) is 11.4 Å². The van der Waals surface area contributed by atoms with E-state index in [1.165, 1.54) is 36.4 Å². The molecule has 0 spiro atoms. The lowest BCUT2D eigenvalue weighted by Gasteiger charge is -1.96. The van der Waals surface area contributed by atoms with Crippen LogP contribution in [-0.2, 0) is 0 Å². The van der Waals surface area contributed by atoms with Crippen LogP contribution in [0.25, 0.3) is 22.8 Å². The Kier molecular flexibility index (Phi) is 3.15. The van der Waals surface area contributed by atoms with Gasteiger partial charge in [-0.2, -0.15) is 4.98 Å². The van der Waals surface area contributed by atoms with Crippen LogP contribution in [0, 0.1) is 15.9 Å². The predicted octanol–water partition coefficient (Wildman–Crippen LogP) is 3.45. The Balaban J connectivity index is 2.03. The molecule has 0 saturated carbocycles. The lowest BCUT2D eigenvalue weighted by atomic mass is 10.1. The van der Waals surface area contributed by atoms with E-state index in [1.807, 2.05) is 0 Å². The Hall–Kier alpha value is -3.09. The van der Waals surface area contributed by atoms with Crippen molar-refractivity contribution in [1.29, 1.82) is 0 Å². The van der Waals surface area contributed by atoms with E-state index in [-0.39, 0.29) is 28.8 Å². The van der Waals surface area contributed by atoms with E-state index >= 15 is 0 Å². The van der Waals surface area contributed by atoms with Gasteiger partial charge < -0.3 is 4.52 Å². The topological polar surface area (TPSA) is 82.1 Å². The van der Waals surface area contributed by atoms with Gasteiger partial charge in [-0.1, -0.05) is 17.3 Å². The molecular weight excluding hydrogens is 277 g/mol. The highest BCUT2D eigenvalue weighted by Crippen LogP contribution is 2.29. The molecule has 104 valence electrons. The Labute approximate surface area is 118 Å². The largest absolute Gasteiger partial charge is 0.334 e. The molecule has 0 radical (unpaired) electrons. The van der Waals surface area contributed by atoms with Gasteiger partial charge in [-0.15, -0.1) is 0 Å². The Morgan fingerprint density at radius 3 is 2.52 bits per heavy atom. The maximum absolute atomic E-state index is 12.9. The fourth-order valence-electron chi connectivity index (χ4n) is 1.86. The Bertz CT molecular complexity index is 799. The van der Waals surface area contributed by atoms with E-state index in [1.54, 1.807) is 12.1 Å². The summed E-state index contributed by atoms with van der Waals surface area (Å²) in [5.41, 5.74) is 0.692. The highest BCUT2D eigenvalue weighted by molar-refractivity contribution is 5.68. The summed E-state index contributed by atoms with van der Waals surface area (Å²) in [4.78, 5) is 14.6. The van der Waals surface area contributed by atoms with Crippen LogP contribution in [0.15, 0.2) is 53.1 Å². The molecule has 7 heteroatoms. The lowest BCUT2D eigenvalue weighted by Crippen LogP contribution is -1.92. The molecule has 1 aromatic heterocycles. The van der Waals surface area contributed by atoms with Crippen molar-refractivity contribution in [1.82, 2.24) is 10.1 Å². The number of benzene rings is 2. The molecule has 0 amide bonds. The minimum atomic E-state index is -0.511. The van der Waals surface area contributed by atoms with Crippen LogP contribution < -0.4 is 0 Å². The zero-order valence-corrected chi connectivity index (χ0v) is 10.6. The third-order valence-electron chi connectivity index (χ3n) is 2.86. The molecule has 0 aliphatic heterocycles. The lowest BCUT2D eigenvalue weighted by molar-refractivity contribution is -0.384. The van der Waals surface area contributed by atoms with Crippen molar-refractivity contribution in [3.63, 3.8) is 0 Å². The fourth-order valence-corrected chi connectivity index (χ4v) is 1.86. The van der Waals surface area contributed by atoms with E-state index in [0.29, 0.717) is 5.56 Å². The predicted molar refractivity (Wildman–Crippen MR) is 71.8 cm³/mol. The van der Waals surface area contributed by atoms with E-state index in [0.717, 1.165) is 0 Å². The van der Waals surface area contributed by atoms with Crippen LogP contribution in [0.3, 0.4) is 0 Å². The molecule has 0 aliphatic rings. The summed E-state index contributed by atoms with van der Waals surface area (Å²) >= 11 is 0. The van der Waals surface area contributed by atoms with Crippen molar-refractivity contribution in [3.05, 3.63) is 64.5 Å². The Morgan fingerprint density at radius 1 is 1.10 bits per heavy atom. The minimum Gasteiger partial charge on any atom is -0.334 e. The number of nitrogens with zero attached hydrogens (tertiary/aromatic N) is 3. The molecule has 0 N–H and O–H groups in total. The molecule has 6 nitrogen and oxygen atoms in total. The van der Waals surface area contributed by atoms with Crippen molar-refractivity contribution in [2.24, 2.45) is 0 Å². The standard InChI is InChI=1S/C14H8FN3O3/c15-10-7-5-9(6-8-10)14-16-13(17-21-14)11-3-1-2-4-12(11)18(19)20/h1-8H. The summed E-state index contributed by atoms with van der Waals surface area (Å²) in [6.45, 7) is 0. The molecule has 3 rings (SSSR count). The van der Waals surface area contributed by atoms with E-state index in [2.05, 4.69) is 10.1 Å². The van der Waals surface area contributed by atoms with Crippen LogP contribution in [0.2, 0.25) is 0 Å². The molecule has 0 fully saturated rings. The molecule has 0 aliphatic carbocycles. The molecule has 0 atom stereocenters. The summed E-state index contributed by atoms with van der Waals surface area (Å²) < 4.78 is 17.9. The number of aromatic nitrogens is 2. The zero-order valence-electron chi connectivity index (χ0n) is 10.6. The summed E-state index contributed by atoms with van der Waals surface area (Å²) in [5.74, 6) is -0.0954. The highest BCUT2D eigenvalue weighted by Gasteiger charge is 2.19. The monoisotopic (exact) mass is 285 g/mol. The molecule has 1 heterocycles. The highest BCUT2D eigenvalue weighted by atomic mass is 19.1. The average Bonchev–Trinajstić information content (AvgIpc) is 2.97. The third-order valence-corrected chi connectivity index (χ3v) is 2.86. The van der Waals surface area contributed by atoms with Crippen molar-refractivity contribution in [2.75, 3.05) is 0 Å². The first-order valence-corrected chi connectivity index (χ1v) is 5.98. The second-order valence-electron chi connectivity index (χ2n) is 4.20. The van der Waals surface area contributed by atoms with Gasteiger partial charge >= 0.3 is 0 Å². The molecule has 21 heavy (non-hydrogen) atoms. The smallest absolute Gasteiger partial charge is 0.280 e. The average molecular weight is 285 g/mol. The number of hydrogen-bond donors (Lipinski definition) is 0. The number of hydrogen-bond acceptors (Lipinski definition) is 5. The summed E-state index contributed by atoms with van der Waals surface area (Å²) in [6, 6.07) is 11.6. The maximum Gasteiger partial charge on any atom is 0.280 e. The first-order valence-electron chi connectivity index (χ1n) is 5.98. The SMILES string of the molecule is O=[N+]([O-])c1ccccc1-c1noc(-c2ccc(F)cc2)n1. The third kappa shape index (κ3) is 2.48. The number of halogens is 1. The minimum absolute atomic E-state index is 0.107. The normalized spacial score (nSPS) is 10.5. The van der Waals surface area contributed by atoms with Crippen LogP contribution in [0.1, 0.15) is 0 Å². The van der Waals surface area contributed by atoms with Gasteiger partial charge in [0.2, 0.25) is 5.82 Å². The van der Waals surface area contributed by atoms with Gasteiger partial charge in [0.05, 0.1) is 4.92 Å². The van der Waals surface area contributed by atoms with Gasteiger partial charge in [-0.3, -0.25) is 10.1 Å². The van der Waals surface area contributed by atoms with Gasteiger partial charge in [0, 0.05) is 11.6 Å². The van der Waals surface area contributed by atoms with Crippen LogP contribution in [0.4, 0.5) is 10.1 Å². The van der Waals surface area contributed by atoms with E-state index < -0.39 is 4.92 Å². The van der Waals surface area contributed by atoms with Gasteiger partial charge in [0.25, 0.3) is 11.6 Å². The first-order chi connectivity index (χ1) is 10.1. The summed E-state index contributed by atoms with van der Waals surface area (Å²) in [7, 11) is 0. The van der Waals surface area contributed by atoms with Gasteiger partial charge in [-0.05, 0) is 30.3 Å². The second-order valence-corrected chi connectivity index (χ2v) is 4.20. The summed E-state index contributed by atoms with van der Waals surface area (Å²) in [5, 5.41) is 14.7. The van der Waals surface area contributed by atoms with E-state index in [9.17, 15) is 14.5 Å². The quantitative estimate of drug-likeness (QED) is 0.543. The number of rotatable bonds is 3. The first kappa shape index (κ1) is 12.9. The van der Waals surface area contributed by atoms with Crippen molar-refractivity contribution in [3.8, 4) is 22.8 Å². The molecule has 0 bridgehead atoms. The van der Waals surface area contributed by atoms with Crippen molar-refractivity contribution in [2.45, 2.75) is 0 Å². The molecule has 0 unspecified atom stereocenters. The van der Waals surface area contributed by atoms with E-state index in [4.69, 9.17) is 4.52 Å².